The van der Waals surface area contributed by atoms with Crippen LogP contribution >= 0.6 is 0 Å². The Bertz CT molecular complexity index is 1670. The Balaban J connectivity index is 1.49. The molecule has 0 aromatic heterocycles. The monoisotopic (exact) mass is 798 g/mol. The molecule has 5 rings (SSSR count). The van der Waals surface area contributed by atoms with E-state index in [4.69, 9.17) is 37.9 Å². The molecule has 0 aliphatic carbocycles. The summed E-state index contributed by atoms with van der Waals surface area (Å²) in [5.74, 6) is -3.59. The van der Waals surface area contributed by atoms with Crippen LogP contribution in [0.2, 0.25) is 0 Å². The average Bonchev–Trinajstić information content (AvgIpc) is 3.15. The van der Waals surface area contributed by atoms with Crippen LogP contribution in [0.3, 0.4) is 0 Å². The molecule has 0 spiro atoms. The van der Waals surface area contributed by atoms with Gasteiger partial charge in [0.2, 0.25) is 0 Å². The molecule has 2 aromatic carbocycles. The van der Waals surface area contributed by atoms with E-state index in [2.05, 4.69) is 0 Å². The van der Waals surface area contributed by atoms with Gasteiger partial charge >= 0.3 is 11.9 Å². The average molecular weight is 799 g/mol. The number of hydrogen-bond donors (Lipinski definition) is 10. The van der Waals surface area contributed by atoms with E-state index in [-0.39, 0.29) is 24.3 Å². The zero-order valence-electron chi connectivity index (χ0n) is 30.1. The maximum Gasteiger partial charge on any atom is 0.331 e. The fourth-order valence-corrected chi connectivity index (χ4v) is 6.16. The standard InChI is InChI=1S/C36H46O20/c1-15-26(44)28(46)30(48)35(52-15)56-32-31(55-25(43)8-5-17-3-6-19(38)21(40)11-17)24(14-51-34-29(47)27(45)23(42)13-50-34)54-36(33(32)53-16(2)37)49-10-9-18-4-7-20(39)22(41)12-18/h3-8,11-12,15,23-24,26-36,38-42,44-48H,9-10,13-14H2,1-2H3/t15-,23-,24+,26-,27-,28-,29+,30-,31+,32-,33+,34-,35-,36-/m0/s1. The van der Waals surface area contributed by atoms with Crippen molar-refractivity contribution >= 4 is 18.0 Å². The number of aliphatic hydroxyl groups excluding tert-OH is 6. The highest BCUT2D eigenvalue weighted by molar-refractivity contribution is 5.87. The Morgan fingerprint density at radius 1 is 0.732 bits per heavy atom. The zero-order valence-corrected chi connectivity index (χ0v) is 30.1. The molecule has 20 heteroatoms. The van der Waals surface area contributed by atoms with Crippen LogP contribution in [0.15, 0.2) is 42.5 Å². The number of carbonyl (C=O) groups is 2. The van der Waals surface area contributed by atoms with Crippen LogP contribution in [-0.4, -0.2) is 169 Å². The van der Waals surface area contributed by atoms with Crippen molar-refractivity contribution < 1.29 is 98.5 Å². The topological polar surface area (TPSA) is 310 Å². The first kappa shape index (κ1) is 43.0. The molecule has 3 heterocycles. The Hall–Kier alpha value is -4.16. The first-order chi connectivity index (χ1) is 26.5. The highest BCUT2D eigenvalue weighted by atomic mass is 16.8. The summed E-state index contributed by atoms with van der Waals surface area (Å²) in [6.45, 7) is 1.21. The van der Waals surface area contributed by atoms with Gasteiger partial charge in [0.05, 0.1) is 25.9 Å². The van der Waals surface area contributed by atoms with E-state index in [1.807, 2.05) is 0 Å². The maximum atomic E-state index is 13.4. The molecule has 14 atom stereocenters. The predicted octanol–water partition coefficient (Wildman–Crippen LogP) is -1.98. The van der Waals surface area contributed by atoms with E-state index in [0.717, 1.165) is 19.1 Å². The smallest absolute Gasteiger partial charge is 0.331 e. The molecule has 0 radical (unpaired) electrons. The highest BCUT2D eigenvalue weighted by Gasteiger charge is 2.55. The fraction of sp³-hybridized carbons (Fsp3) is 0.556. The van der Waals surface area contributed by atoms with E-state index >= 15 is 0 Å². The molecular formula is C36H46O20. The van der Waals surface area contributed by atoms with Crippen molar-refractivity contribution in [2.24, 2.45) is 0 Å². The number of phenolic OH excluding ortho intramolecular Hbond substituents is 4. The molecule has 0 bridgehead atoms. The van der Waals surface area contributed by atoms with Gasteiger partial charge in [0.15, 0.2) is 54.1 Å². The SMILES string of the molecule is CC(=O)O[C@H]1[C@@H](OCCc2ccc(O)c(O)c2)O[C@H](CO[C@@H]2OC[C@H](O)[C@H](O)[C@H]2O)[C@@H](OC(=O)C=Cc2ccc(O)c(O)c2)[C@@H]1O[C@@H]1O[C@@H](C)[C@H](O)[C@H](O)[C@@H]1O. The van der Waals surface area contributed by atoms with Crippen LogP contribution in [0, 0.1) is 0 Å². The second kappa shape index (κ2) is 18.9. The Kier molecular flexibility index (Phi) is 14.5. The lowest BCUT2D eigenvalue weighted by Crippen LogP contribution is -2.66. The number of hydrogen-bond acceptors (Lipinski definition) is 20. The van der Waals surface area contributed by atoms with Gasteiger partial charge in [-0.2, -0.15) is 0 Å². The quantitative estimate of drug-likeness (QED) is 0.0596. The van der Waals surface area contributed by atoms with Gasteiger partial charge in [0, 0.05) is 13.0 Å². The number of rotatable bonds is 13. The van der Waals surface area contributed by atoms with E-state index < -0.39 is 128 Å². The molecule has 3 aliphatic heterocycles. The van der Waals surface area contributed by atoms with Crippen molar-refractivity contribution in [2.45, 2.75) is 106 Å². The molecule has 20 nitrogen and oxygen atoms in total. The molecular weight excluding hydrogens is 752 g/mol. The lowest BCUT2D eigenvalue weighted by atomic mass is 9.96. The van der Waals surface area contributed by atoms with Gasteiger partial charge in [-0.1, -0.05) is 12.1 Å². The minimum atomic E-state index is -1.89. The number of aliphatic hydroxyl groups is 6. The second-order valence-corrected chi connectivity index (χ2v) is 13.4. The maximum absolute atomic E-state index is 13.4. The Labute approximate surface area is 319 Å². The lowest BCUT2D eigenvalue weighted by molar-refractivity contribution is -0.362. The van der Waals surface area contributed by atoms with E-state index in [1.54, 1.807) is 0 Å². The van der Waals surface area contributed by atoms with Crippen LogP contribution < -0.4 is 0 Å². The van der Waals surface area contributed by atoms with E-state index in [0.29, 0.717) is 5.56 Å². The van der Waals surface area contributed by atoms with Gasteiger partial charge in [0.1, 0.15) is 48.8 Å². The third-order valence-electron chi connectivity index (χ3n) is 9.25. The number of carbonyl (C=O) groups excluding carboxylic acids is 2. The lowest BCUT2D eigenvalue weighted by Gasteiger charge is -2.47. The summed E-state index contributed by atoms with van der Waals surface area (Å²) in [6.07, 6.45) is -20.2. The minimum absolute atomic E-state index is 0.109. The van der Waals surface area contributed by atoms with Gasteiger partial charge < -0.3 is 89.0 Å². The van der Waals surface area contributed by atoms with Crippen LogP contribution in [0.5, 0.6) is 23.0 Å². The number of phenols is 4. The van der Waals surface area contributed by atoms with Crippen LogP contribution in [0.1, 0.15) is 25.0 Å². The predicted molar refractivity (Wildman–Crippen MR) is 183 cm³/mol. The van der Waals surface area contributed by atoms with Gasteiger partial charge in [-0.3, -0.25) is 4.79 Å². The summed E-state index contributed by atoms with van der Waals surface area (Å²) in [7, 11) is 0. The molecule has 0 unspecified atom stereocenters. The molecule has 0 amide bonds. The van der Waals surface area contributed by atoms with Gasteiger partial charge in [-0.25, -0.2) is 4.79 Å². The fourth-order valence-electron chi connectivity index (χ4n) is 6.16. The van der Waals surface area contributed by atoms with Crippen LogP contribution in [0.25, 0.3) is 6.08 Å². The second-order valence-electron chi connectivity index (χ2n) is 13.4. The van der Waals surface area contributed by atoms with Crippen molar-refractivity contribution in [3.8, 4) is 23.0 Å². The number of benzene rings is 2. The van der Waals surface area contributed by atoms with Crippen molar-refractivity contribution in [1.82, 2.24) is 0 Å². The largest absolute Gasteiger partial charge is 0.504 e. The van der Waals surface area contributed by atoms with Crippen molar-refractivity contribution in [1.29, 1.82) is 0 Å². The molecule has 0 saturated carbocycles. The van der Waals surface area contributed by atoms with Gasteiger partial charge in [0.25, 0.3) is 0 Å². The number of esters is 2. The van der Waals surface area contributed by atoms with Crippen molar-refractivity contribution in [3.05, 3.63) is 53.6 Å². The molecule has 10 N–H and O–H groups in total. The Morgan fingerprint density at radius 3 is 2.09 bits per heavy atom. The number of ether oxygens (including phenoxy) is 8. The molecule has 3 aliphatic rings. The summed E-state index contributed by atoms with van der Waals surface area (Å²) in [4.78, 5) is 26.0. The Morgan fingerprint density at radius 2 is 1.41 bits per heavy atom. The van der Waals surface area contributed by atoms with E-state index in [9.17, 15) is 60.7 Å². The summed E-state index contributed by atoms with van der Waals surface area (Å²) >= 11 is 0. The molecule has 3 saturated heterocycles. The first-order valence-corrected chi connectivity index (χ1v) is 17.5. The minimum Gasteiger partial charge on any atom is -0.504 e. The summed E-state index contributed by atoms with van der Waals surface area (Å²) in [6, 6.07) is 7.79. The third-order valence-corrected chi connectivity index (χ3v) is 9.25. The van der Waals surface area contributed by atoms with Crippen LogP contribution in [-0.2, 0) is 53.9 Å². The summed E-state index contributed by atoms with van der Waals surface area (Å²) < 4.78 is 46.4. The third kappa shape index (κ3) is 10.4. The zero-order chi connectivity index (χ0) is 40.8. The first-order valence-electron chi connectivity index (χ1n) is 17.5. The molecule has 56 heavy (non-hydrogen) atoms. The van der Waals surface area contributed by atoms with Gasteiger partial charge in [-0.05, 0) is 54.8 Å². The van der Waals surface area contributed by atoms with E-state index in [1.165, 1.54) is 43.3 Å². The summed E-state index contributed by atoms with van der Waals surface area (Å²) in [5, 5.41) is 102. The normalized spacial score (nSPS) is 34.9. The highest BCUT2D eigenvalue weighted by Crippen LogP contribution is 2.34. The van der Waals surface area contributed by atoms with Crippen molar-refractivity contribution in [2.75, 3.05) is 19.8 Å². The molecule has 3 fully saturated rings. The van der Waals surface area contributed by atoms with Crippen LogP contribution in [0.4, 0.5) is 0 Å². The molecule has 2 aromatic rings. The van der Waals surface area contributed by atoms with Gasteiger partial charge in [-0.15, -0.1) is 0 Å². The number of aromatic hydroxyl groups is 4. The summed E-state index contributed by atoms with van der Waals surface area (Å²) in [5.41, 5.74) is 0.778. The van der Waals surface area contributed by atoms with Crippen molar-refractivity contribution in [3.63, 3.8) is 0 Å². The molecule has 310 valence electrons.